The number of ether oxygens (including phenoxy) is 1. The second kappa shape index (κ2) is 7.94. The van der Waals surface area contributed by atoms with E-state index >= 15 is 0 Å². The second-order valence-corrected chi connectivity index (χ2v) is 5.99. The molecule has 0 radical (unpaired) electrons. The lowest BCUT2D eigenvalue weighted by atomic mass is 9.82. The topological polar surface area (TPSA) is 58.6 Å². The molecule has 22 heavy (non-hydrogen) atoms. The Morgan fingerprint density at radius 3 is 2.68 bits per heavy atom. The molecule has 1 aromatic carbocycles. The highest BCUT2D eigenvalue weighted by Gasteiger charge is 2.35. The highest BCUT2D eigenvalue weighted by molar-refractivity contribution is 5.78. The minimum absolute atomic E-state index is 0.00484. The molecule has 1 aliphatic rings. The van der Waals surface area contributed by atoms with Crippen molar-refractivity contribution in [2.75, 3.05) is 14.1 Å². The summed E-state index contributed by atoms with van der Waals surface area (Å²) in [6, 6.07) is 10.1. The summed E-state index contributed by atoms with van der Waals surface area (Å²) in [5, 5.41) is 3.44. The van der Waals surface area contributed by atoms with Gasteiger partial charge < -0.3 is 15.0 Å². The zero-order valence-corrected chi connectivity index (χ0v) is 13.2. The zero-order valence-electron chi connectivity index (χ0n) is 13.2. The number of carbonyl (C=O) groups excluding carboxylic acids is 2. The molecule has 0 saturated heterocycles. The van der Waals surface area contributed by atoms with Crippen LogP contribution < -0.4 is 5.32 Å². The average Bonchev–Trinajstić information content (AvgIpc) is 2.54. The number of benzene rings is 1. The van der Waals surface area contributed by atoms with E-state index in [2.05, 4.69) is 5.32 Å². The van der Waals surface area contributed by atoms with Crippen LogP contribution in [0.3, 0.4) is 0 Å². The fraction of sp³-hybridized carbons (Fsp3) is 0.529. The van der Waals surface area contributed by atoms with Gasteiger partial charge in [0.1, 0.15) is 6.10 Å². The van der Waals surface area contributed by atoms with Crippen molar-refractivity contribution in [1.29, 1.82) is 0 Å². The van der Waals surface area contributed by atoms with Crippen LogP contribution in [0.5, 0.6) is 0 Å². The van der Waals surface area contributed by atoms with E-state index in [9.17, 15) is 9.59 Å². The molecule has 120 valence electrons. The lowest BCUT2D eigenvalue weighted by Gasteiger charge is -2.35. The number of hydrogen-bond donors (Lipinski definition) is 1. The summed E-state index contributed by atoms with van der Waals surface area (Å²) in [6.07, 6.45) is 2.02. The largest absolute Gasteiger partial charge is 0.463 e. The Hall–Kier alpha value is -1.88. The van der Waals surface area contributed by atoms with Gasteiger partial charge in [0.2, 0.25) is 5.91 Å². The third-order valence-corrected chi connectivity index (χ3v) is 4.22. The molecule has 1 saturated carbocycles. The van der Waals surface area contributed by atoms with Crippen LogP contribution in [-0.2, 0) is 20.9 Å². The van der Waals surface area contributed by atoms with Gasteiger partial charge in [-0.15, -0.1) is 0 Å². The first-order valence-corrected chi connectivity index (χ1v) is 7.69. The molecule has 0 unspecified atom stereocenters. The molecule has 1 amide bonds. The molecule has 0 heterocycles. The van der Waals surface area contributed by atoms with Gasteiger partial charge in [-0.25, -0.2) is 0 Å². The molecule has 2 rings (SSSR count). The normalized spacial score (nSPS) is 24.5. The molecular weight excluding hydrogens is 280 g/mol. The SMILES string of the molecule is CN(C)C(=O)[C@H]1CC[C@@H](OC=O)[C@H](NCc2ccccc2)C1. The molecule has 0 spiro atoms. The smallest absolute Gasteiger partial charge is 0.293 e. The number of carbonyl (C=O) groups is 2. The molecule has 1 fully saturated rings. The predicted octanol–water partition coefficient (Wildman–Crippen LogP) is 1.57. The molecule has 5 nitrogen and oxygen atoms in total. The Balaban J connectivity index is 1.98. The fourth-order valence-corrected chi connectivity index (χ4v) is 3.03. The van der Waals surface area contributed by atoms with Gasteiger partial charge in [-0.05, 0) is 24.8 Å². The van der Waals surface area contributed by atoms with Crippen molar-refractivity contribution in [3.05, 3.63) is 35.9 Å². The van der Waals surface area contributed by atoms with Gasteiger partial charge in [0.15, 0.2) is 0 Å². The van der Waals surface area contributed by atoms with Crippen molar-refractivity contribution < 1.29 is 14.3 Å². The maximum absolute atomic E-state index is 12.2. The van der Waals surface area contributed by atoms with E-state index in [4.69, 9.17) is 4.74 Å². The van der Waals surface area contributed by atoms with E-state index in [0.717, 1.165) is 12.8 Å². The summed E-state index contributed by atoms with van der Waals surface area (Å²) in [7, 11) is 3.56. The zero-order chi connectivity index (χ0) is 15.9. The van der Waals surface area contributed by atoms with Crippen LogP contribution in [0.1, 0.15) is 24.8 Å². The lowest BCUT2D eigenvalue weighted by molar-refractivity contribution is -0.140. The number of rotatable bonds is 6. The van der Waals surface area contributed by atoms with E-state index in [1.165, 1.54) is 5.56 Å². The molecule has 0 bridgehead atoms. The lowest BCUT2D eigenvalue weighted by Crippen LogP contribution is -2.48. The molecule has 3 atom stereocenters. The minimum atomic E-state index is -0.160. The summed E-state index contributed by atoms with van der Waals surface area (Å²) in [6.45, 7) is 1.21. The summed E-state index contributed by atoms with van der Waals surface area (Å²) >= 11 is 0. The summed E-state index contributed by atoms with van der Waals surface area (Å²) in [5.41, 5.74) is 1.17. The number of nitrogens with zero attached hydrogens (tertiary/aromatic N) is 1. The van der Waals surface area contributed by atoms with Crippen molar-refractivity contribution in [2.24, 2.45) is 5.92 Å². The van der Waals surface area contributed by atoms with Crippen molar-refractivity contribution in [1.82, 2.24) is 10.2 Å². The van der Waals surface area contributed by atoms with Gasteiger partial charge in [-0.3, -0.25) is 9.59 Å². The highest BCUT2D eigenvalue weighted by atomic mass is 16.5. The van der Waals surface area contributed by atoms with Gasteiger partial charge in [-0.2, -0.15) is 0 Å². The average molecular weight is 304 g/mol. The Morgan fingerprint density at radius 1 is 1.32 bits per heavy atom. The van der Waals surface area contributed by atoms with E-state index in [1.807, 2.05) is 30.3 Å². The second-order valence-electron chi connectivity index (χ2n) is 5.99. The standard InChI is InChI=1S/C17H24N2O3/c1-19(2)17(21)14-8-9-16(22-12-20)15(10-14)18-11-13-6-4-3-5-7-13/h3-7,12,14-16,18H,8-11H2,1-2H3/t14-,15+,16+/m0/s1. The van der Waals surface area contributed by atoms with Crippen molar-refractivity contribution >= 4 is 12.4 Å². The van der Waals surface area contributed by atoms with Gasteiger partial charge in [0, 0.05) is 32.6 Å². The number of nitrogens with one attached hydrogen (secondary N) is 1. The monoisotopic (exact) mass is 304 g/mol. The molecule has 1 N–H and O–H groups in total. The molecule has 5 heteroatoms. The Bertz CT molecular complexity index is 490. The van der Waals surface area contributed by atoms with E-state index in [1.54, 1.807) is 19.0 Å². The first kappa shape index (κ1) is 16.5. The Labute approximate surface area is 131 Å². The quantitative estimate of drug-likeness (QED) is 0.811. The fourth-order valence-electron chi connectivity index (χ4n) is 3.03. The molecule has 1 aromatic rings. The van der Waals surface area contributed by atoms with E-state index in [0.29, 0.717) is 19.4 Å². The third-order valence-electron chi connectivity index (χ3n) is 4.22. The molecular formula is C17H24N2O3. The molecule has 0 aliphatic heterocycles. The highest BCUT2D eigenvalue weighted by Crippen LogP contribution is 2.28. The molecule has 1 aliphatic carbocycles. The predicted molar refractivity (Wildman–Crippen MR) is 84.0 cm³/mol. The minimum Gasteiger partial charge on any atom is -0.463 e. The number of amides is 1. The van der Waals surface area contributed by atoms with Crippen LogP contribution in [0, 0.1) is 5.92 Å². The van der Waals surface area contributed by atoms with E-state index in [-0.39, 0.29) is 24.0 Å². The van der Waals surface area contributed by atoms with Crippen LogP contribution in [-0.4, -0.2) is 43.5 Å². The van der Waals surface area contributed by atoms with Crippen molar-refractivity contribution in [2.45, 2.75) is 38.0 Å². The Kier molecular flexibility index (Phi) is 5.95. The maximum Gasteiger partial charge on any atom is 0.293 e. The first-order valence-electron chi connectivity index (χ1n) is 7.69. The van der Waals surface area contributed by atoms with Crippen LogP contribution >= 0.6 is 0 Å². The summed E-state index contributed by atoms with van der Waals surface area (Å²) in [5.74, 6) is 0.144. The first-order chi connectivity index (χ1) is 10.6. The third kappa shape index (κ3) is 4.31. The van der Waals surface area contributed by atoms with Gasteiger partial charge in [-0.1, -0.05) is 30.3 Å². The molecule has 0 aromatic heterocycles. The Morgan fingerprint density at radius 2 is 2.05 bits per heavy atom. The number of hydrogen-bond acceptors (Lipinski definition) is 4. The van der Waals surface area contributed by atoms with Crippen LogP contribution in [0.4, 0.5) is 0 Å². The van der Waals surface area contributed by atoms with Crippen LogP contribution in [0.25, 0.3) is 0 Å². The summed E-state index contributed by atoms with van der Waals surface area (Å²) in [4.78, 5) is 24.5. The van der Waals surface area contributed by atoms with E-state index < -0.39 is 0 Å². The van der Waals surface area contributed by atoms with Gasteiger partial charge in [0.25, 0.3) is 6.47 Å². The van der Waals surface area contributed by atoms with Crippen molar-refractivity contribution in [3.8, 4) is 0 Å². The van der Waals surface area contributed by atoms with Crippen LogP contribution in [0.15, 0.2) is 30.3 Å². The summed E-state index contributed by atoms with van der Waals surface area (Å²) < 4.78 is 5.20. The van der Waals surface area contributed by atoms with Gasteiger partial charge >= 0.3 is 0 Å². The van der Waals surface area contributed by atoms with Gasteiger partial charge in [0.05, 0.1) is 0 Å². The van der Waals surface area contributed by atoms with Crippen LogP contribution in [0.2, 0.25) is 0 Å². The van der Waals surface area contributed by atoms with Crippen molar-refractivity contribution in [3.63, 3.8) is 0 Å². The maximum atomic E-state index is 12.2.